The minimum Gasteiger partial charge on any atom is -0.497 e. The Morgan fingerprint density at radius 3 is 3.07 bits per heavy atom. The maximum absolute atomic E-state index is 5.10. The van der Waals surface area contributed by atoms with Crippen LogP contribution in [0.3, 0.4) is 0 Å². The Balaban J connectivity index is 2.52. The van der Waals surface area contributed by atoms with Gasteiger partial charge in [0.25, 0.3) is 0 Å². The molecule has 0 saturated heterocycles. The molecular weight excluding hydrogens is 198 g/mol. The fourth-order valence-electron chi connectivity index (χ4n) is 1.16. The average molecular weight is 207 g/mol. The molecule has 2 aromatic rings. The second-order valence-corrected chi connectivity index (χ2v) is 3.08. The average Bonchev–Trinajstić information content (AvgIpc) is 2.65. The SMILES string of the molecule is COc1ccnc(-n2cc[nH]c2=S)c1. The number of imidazole rings is 1. The van der Waals surface area contributed by atoms with E-state index >= 15 is 0 Å². The first kappa shape index (κ1) is 8.96. The molecule has 0 saturated carbocycles. The molecule has 0 atom stereocenters. The lowest BCUT2D eigenvalue weighted by atomic mass is 10.4. The standard InChI is InChI=1S/C9H9N3OS/c1-13-7-2-3-10-8(6-7)12-5-4-11-9(12)14/h2-6H,1H3,(H,11,14). The Morgan fingerprint density at radius 2 is 2.43 bits per heavy atom. The molecule has 2 rings (SSSR count). The summed E-state index contributed by atoms with van der Waals surface area (Å²) in [5, 5.41) is 0. The highest BCUT2D eigenvalue weighted by molar-refractivity contribution is 7.71. The summed E-state index contributed by atoms with van der Waals surface area (Å²) < 4.78 is 7.49. The molecule has 0 aliphatic carbocycles. The number of ether oxygens (including phenoxy) is 1. The van der Waals surface area contributed by atoms with Gasteiger partial charge in [0.05, 0.1) is 7.11 Å². The number of nitrogens with zero attached hydrogens (tertiary/aromatic N) is 2. The van der Waals surface area contributed by atoms with Crippen LogP contribution in [0, 0.1) is 4.77 Å². The van der Waals surface area contributed by atoms with Crippen molar-refractivity contribution in [3.63, 3.8) is 0 Å². The molecule has 2 aromatic heterocycles. The van der Waals surface area contributed by atoms with Crippen molar-refractivity contribution in [2.24, 2.45) is 0 Å². The van der Waals surface area contributed by atoms with Gasteiger partial charge in [0, 0.05) is 24.7 Å². The Morgan fingerprint density at radius 1 is 1.57 bits per heavy atom. The Hall–Kier alpha value is -1.62. The van der Waals surface area contributed by atoms with E-state index in [0.29, 0.717) is 4.77 Å². The van der Waals surface area contributed by atoms with Crippen LogP contribution >= 0.6 is 12.2 Å². The van der Waals surface area contributed by atoms with Gasteiger partial charge in [-0.2, -0.15) is 0 Å². The maximum atomic E-state index is 5.10. The molecule has 1 N–H and O–H groups in total. The summed E-state index contributed by atoms with van der Waals surface area (Å²) in [4.78, 5) is 7.09. The molecule has 0 aliphatic rings. The van der Waals surface area contributed by atoms with Gasteiger partial charge in [0.2, 0.25) is 0 Å². The molecule has 2 heterocycles. The van der Waals surface area contributed by atoms with Gasteiger partial charge in [-0.25, -0.2) is 4.98 Å². The number of pyridine rings is 1. The second-order valence-electron chi connectivity index (χ2n) is 2.69. The van der Waals surface area contributed by atoms with Gasteiger partial charge < -0.3 is 9.72 Å². The lowest BCUT2D eigenvalue weighted by molar-refractivity contribution is 0.414. The third-order valence-electron chi connectivity index (χ3n) is 1.85. The monoisotopic (exact) mass is 207 g/mol. The lowest BCUT2D eigenvalue weighted by Crippen LogP contribution is -1.96. The number of methoxy groups -OCH3 is 1. The van der Waals surface area contributed by atoms with Crippen LogP contribution in [0.1, 0.15) is 0 Å². The van der Waals surface area contributed by atoms with Gasteiger partial charge in [-0.3, -0.25) is 4.57 Å². The Kier molecular flexibility index (Phi) is 2.32. The fraction of sp³-hybridized carbons (Fsp3) is 0.111. The van der Waals surface area contributed by atoms with Crippen molar-refractivity contribution in [3.05, 3.63) is 35.5 Å². The van der Waals surface area contributed by atoms with E-state index in [4.69, 9.17) is 17.0 Å². The van der Waals surface area contributed by atoms with Crippen LogP contribution in [0.25, 0.3) is 5.82 Å². The molecule has 0 amide bonds. The maximum Gasteiger partial charge on any atom is 0.182 e. The van der Waals surface area contributed by atoms with Crippen LogP contribution in [0.2, 0.25) is 0 Å². The quantitative estimate of drug-likeness (QED) is 0.765. The van der Waals surface area contributed by atoms with Crippen LogP contribution in [0.15, 0.2) is 30.7 Å². The first-order chi connectivity index (χ1) is 6.81. The molecule has 0 spiro atoms. The highest BCUT2D eigenvalue weighted by atomic mass is 32.1. The topological polar surface area (TPSA) is 42.8 Å². The Labute approximate surface area is 86.2 Å². The van der Waals surface area contributed by atoms with Crippen LogP contribution in [0.4, 0.5) is 0 Å². The van der Waals surface area contributed by atoms with E-state index in [2.05, 4.69) is 9.97 Å². The van der Waals surface area contributed by atoms with Crippen LogP contribution in [0.5, 0.6) is 5.75 Å². The van der Waals surface area contributed by atoms with Gasteiger partial charge in [-0.05, 0) is 18.3 Å². The summed E-state index contributed by atoms with van der Waals surface area (Å²) in [6.07, 6.45) is 5.27. The number of nitrogens with one attached hydrogen (secondary N) is 1. The molecule has 0 fully saturated rings. The van der Waals surface area contributed by atoms with Crippen LogP contribution in [-0.2, 0) is 0 Å². The number of hydrogen-bond donors (Lipinski definition) is 1. The number of aromatic amines is 1. The van der Waals surface area contributed by atoms with E-state index in [1.165, 1.54) is 0 Å². The summed E-state index contributed by atoms with van der Waals surface area (Å²) in [5.74, 6) is 1.51. The van der Waals surface area contributed by atoms with Crippen molar-refractivity contribution in [2.75, 3.05) is 7.11 Å². The lowest BCUT2D eigenvalue weighted by Gasteiger charge is -2.03. The van der Waals surface area contributed by atoms with Gasteiger partial charge in [0.15, 0.2) is 4.77 Å². The molecule has 14 heavy (non-hydrogen) atoms. The zero-order chi connectivity index (χ0) is 9.97. The second kappa shape index (κ2) is 3.63. The summed E-state index contributed by atoms with van der Waals surface area (Å²) in [5.41, 5.74) is 0. The van der Waals surface area contributed by atoms with Gasteiger partial charge in [-0.1, -0.05) is 0 Å². The number of hydrogen-bond acceptors (Lipinski definition) is 3. The molecular formula is C9H9N3OS. The summed E-state index contributed by atoms with van der Waals surface area (Å²) in [6, 6.07) is 3.61. The van der Waals surface area contributed by atoms with E-state index in [1.54, 1.807) is 30.1 Å². The van der Waals surface area contributed by atoms with E-state index in [0.717, 1.165) is 11.6 Å². The van der Waals surface area contributed by atoms with E-state index in [-0.39, 0.29) is 0 Å². The Bertz CT molecular complexity index is 489. The van der Waals surface area contributed by atoms with Crippen molar-refractivity contribution in [2.45, 2.75) is 0 Å². The van der Waals surface area contributed by atoms with Crippen molar-refractivity contribution in [1.82, 2.24) is 14.5 Å². The molecule has 0 aliphatic heterocycles. The number of rotatable bonds is 2. The molecule has 72 valence electrons. The first-order valence-corrected chi connectivity index (χ1v) is 4.48. The van der Waals surface area contributed by atoms with E-state index in [9.17, 15) is 0 Å². The highest BCUT2D eigenvalue weighted by Crippen LogP contribution is 2.13. The third kappa shape index (κ3) is 1.54. The molecule has 4 nitrogen and oxygen atoms in total. The minimum atomic E-state index is 0.616. The van der Waals surface area contributed by atoms with E-state index < -0.39 is 0 Å². The zero-order valence-electron chi connectivity index (χ0n) is 7.60. The van der Waals surface area contributed by atoms with Gasteiger partial charge >= 0.3 is 0 Å². The fourth-order valence-corrected chi connectivity index (χ4v) is 1.38. The first-order valence-electron chi connectivity index (χ1n) is 4.08. The van der Waals surface area contributed by atoms with Crippen molar-refractivity contribution < 1.29 is 4.74 Å². The van der Waals surface area contributed by atoms with Crippen molar-refractivity contribution in [3.8, 4) is 11.6 Å². The summed E-state index contributed by atoms with van der Waals surface area (Å²) in [6.45, 7) is 0. The molecule has 5 heteroatoms. The molecule has 0 unspecified atom stereocenters. The minimum absolute atomic E-state index is 0.616. The van der Waals surface area contributed by atoms with E-state index in [1.807, 2.05) is 12.3 Å². The molecule has 0 bridgehead atoms. The zero-order valence-corrected chi connectivity index (χ0v) is 8.41. The predicted molar refractivity (Wildman–Crippen MR) is 55.3 cm³/mol. The summed E-state index contributed by atoms with van der Waals surface area (Å²) in [7, 11) is 1.62. The van der Waals surface area contributed by atoms with Crippen LogP contribution < -0.4 is 4.74 Å². The molecule has 0 radical (unpaired) electrons. The number of H-pyrrole nitrogens is 1. The van der Waals surface area contributed by atoms with Crippen LogP contribution in [-0.4, -0.2) is 21.6 Å². The van der Waals surface area contributed by atoms with Gasteiger partial charge in [0.1, 0.15) is 11.6 Å². The summed E-state index contributed by atoms with van der Waals surface area (Å²) >= 11 is 5.07. The normalized spacial score (nSPS) is 10.1. The van der Waals surface area contributed by atoms with Gasteiger partial charge in [-0.15, -0.1) is 0 Å². The largest absolute Gasteiger partial charge is 0.497 e. The van der Waals surface area contributed by atoms with Crippen molar-refractivity contribution in [1.29, 1.82) is 0 Å². The molecule has 0 aromatic carbocycles. The smallest absolute Gasteiger partial charge is 0.182 e. The third-order valence-corrected chi connectivity index (χ3v) is 2.16. The predicted octanol–water partition coefficient (Wildman–Crippen LogP) is 1.94. The van der Waals surface area contributed by atoms with Crippen molar-refractivity contribution >= 4 is 12.2 Å². The highest BCUT2D eigenvalue weighted by Gasteiger charge is 2.00. The number of aromatic nitrogens is 3.